The molecule has 0 atom stereocenters. The lowest BCUT2D eigenvalue weighted by atomic mass is 10.00. The summed E-state index contributed by atoms with van der Waals surface area (Å²) in [4.78, 5) is 9.47. The minimum atomic E-state index is -2.21. The maximum Gasteiger partial charge on any atom is 0.223 e. The molecule has 5 aromatic rings. The third-order valence-corrected chi connectivity index (χ3v) is 11.2. The monoisotopic (exact) mass is 604 g/mol. The van der Waals surface area contributed by atoms with E-state index in [0.29, 0.717) is 6.16 Å². The highest BCUT2D eigenvalue weighted by Crippen LogP contribution is 2.59. The molecule has 0 aliphatic rings. The van der Waals surface area contributed by atoms with E-state index in [2.05, 4.69) is 105 Å². The zero-order valence-corrected chi connectivity index (χ0v) is 24.5. The standard InChI is InChI=1S/C32H28ClFN2P.BrH/c1-23(2)30-29(31(36-32(33)35-30)24-18-20-25(34)21-19-24)22-37(26-12-6-3-7-13-26,27-14-8-4-9-15-27)28-16-10-5-11-17-28;/h3-21,23H,22H2,1-2H3;1H/q+1;/p-1. The Hall–Kier alpha value is -2.91. The van der Waals surface area contributed by atoms with Crippen molar-refractivity contribution in [1.29, 1.82) is 0 Å². The molecule has 0 N–H and O–H groups in total. The van der Waals surface area contributed by atoms with E-state index >= 15 is 0 Å². The molecular weight excluding hydrogens is 578 g/mol. The summed E-state index contributed by atoms with van der Waals surface area (Å²) in [5.74, 6) is -0.159. The highest BCUT2D eigenvalue weighted by atomic mass is 79.9. The number of benzene rings is 4. The van der Waals surface area contributed by atoms with Gasteiger partial charge in [-0.15, -0.1) is 0 Å². The van der Waals surface area contributed by atoms with Crippen LogP contribution in [0.25, 0.3) is 11.3 Å². The topological polar surface area (TPSA) is 25.8 Å². The molecule has 38 heavy (non-hydrogen) atoms. The maximum absolute atomic E-state index is 13.9. The van der Waals surface area contributed by atoms with Gasteiger partial charge in [0.15, 0.2) is 0 Å². The summed E-state index contributed by atoms with van der Waals surface area (Å²) >= 11 is 6.48. The first-order valence-electron chi connectivity index (χ1n) is 12.4. The van der Waals surface area contributed by atoms with Crippen molar-refractivity contribution in [3.8, 4) is 11.3 Å². The van der Waals surface area contributed by atoms with Crippen molar-refractivity contribution in [3.05, 3.63) is 138 Å². The Morgan fingerprint density at radius 2 is 1.13 bits per heavy atom. The van der Waals surface area contributed by atoms with Crippen molar-refractivity contribution < 1.29 is 21.4 Å². The highest BCUT2D eigenvalue weighted by molar-refractivity contribution is 7.95. The first kappa shape index (κ1) is 28.1. The van der Waals surface area contributed by atoms with Gasteiger partial charge < -0.3 is 17.0 Å². The molecule has 5 rings (SSSR count). The summed E-state index contributed by atoms with van der Waals surface area (Å²) in [6.45, 7) is 4.26. The predicted molar refractivity (Wildman–Crippen MR) is 155 cm³/mol. The molecule has 0 spiro atoms. The van der Waals surface area contributed by atoms with Crippen molar-refractivity contribution in [2.24, 2.45) is 0 Å². The Bertz CT molecular complexity index is 1380. The van der Waals surface area contributed by atoms with Gasteiger partial charge in [0.25, 0.3) is 0 Å². The first-order valence-corrected chi connectivity index (χ1v) is 14.7. The van der Waals surface area contributed by atoms with Crippen LogP contribution in [-0.4, -0.2) is 9.97 Å². The molecule has 0 amide bonds. The average molecular weight is 606 g/mol. The Balaban J connectivity index is 0.00000336. The lowest BCUT2D eigenvalue weighted by Crippen LogP contribution is -3.00. The zero-order valence-electron chi connectivity index (χ0n) is 21.2. The van der Waals surface area contributed by atoms with Gasteiger partial charge in [0.2, 0.25) is 5.28 Å². The van der Waals surface area contributed by atoms with Gasteiger partial charge in [-0.25, -0.2) is 14.4 Å². The van der Waals surface area contributed by atoms with Crippen molar-refractivity contribution in [3.63, 3.8) is 0 Å². The Morgan fingerprint density at radius 3 is 1.55 bits per heavy atom. The highest BCUT2D eigenvalue weighted by Gasteiger charge is 2.47. The quantitative estimate of drug-likeness (QED) is 0.201. The van der Waals surface area contributed by atoms with E-state index in [1.165, 1.54) is 28.0 Å². The van der Waals surface area contributed by atoms with Crippen molar-refractivity contribution >= 4 is 34.8 Å². The summed E-state index contributed by atoms with van der Waals surface area (Å²) in [7, 11) is -2.21. The SMILES string of the molecule is CC(C)c1nc(Cl)nc(-c2ccc(F)cc2)c1C[P+](c1ccccc1)(c1ccccc1)c1ccccc1.[Br-]. The molecule has 6 heteroatoms. The van der Waals surface area contributed by atoms with Gasteiger partial charge in [-0.05, 0) is 78.2 Å². The van der Waals surface area contributed by atoms with Gasteiger partial charge in [0.1, 0.15) is 35.2 Å². The maximum atomic E-state index is 13.9. The van der Waals surface area contributed by atoms with Crippen LogP contribution in [0.4, 0.5) is 4.39 Å². The van der Waals surface area contributed by atoms with E-state index in [9.17, 15) is 4.39 Å². The van der Waals surface area contributed by atoms with Crippen LogP contribution in [0.5, 0.6) is 0 Å². The van der Waals surface area contributed by atoms with E-state index < -0.39 is 7.26 Å². The summed E-state index contributed by atoms with van der Waals surface area (Å²) in [5.41, 5.74) is 3.56. The second-order valence-electron chi connectivity index (χ2n) is 9.34. The molecule has 0 saturated heterocycles. The van der Waals surface area contributed by atoms with E-state index in [4.69, 9.17) is 21.6 Å². The fourth-order valence-electron chi connectivity index (χ4n) is 4.96. The Kier molecular flexibility index (Phi) is 9.10. The van der Waals surface area contributed by atoms with Crippen LogP contribution in [0, 0.1) is 5.82 Å². The molecule has 0 aliphatic heterocycles. The van der Waals surface area contributed by atoms with Crippen LogP contribution in [0.1, 0.15) is 31.0 Å². The number of nitrogens with zero attached hydrogens (tertiary/aromatic N) is 2. The summed E-state index contributed by atoms with van der Waals surface area (Å²) in [6, 6.07) is 38.7. The molecule has 192 valence electrons. The Labute approximate surface area is 240 Å². The lowest BCUT2D eigenvalue weighted by Gasteiger charge is -2.29. The van der Waals surface area contributed by atoms with Crippen LogP contribution in [0.3, 0.4) is 0 Å². The van der Waals surface area contributed by atoms with E-state index in [0.717, 1.165) is 22.5 Å². The number of hydrogen-bond donors (Lipinski definition) is 0. The molecule has 0 aliphatic carbocycles. The molecule has 0 radical (unpaired) electrons. The van der Waals surface area contributed by atoms with Crippen molar-refractivity contribution in [2.45, 2.75) is 25.9 Å². The first-order chi connectivity index (χ1) is 18.0. The average Bonchev–Trinajstić information content (AvgIpc) is 2.94. The van der Waals surface area contributed by atoms with Crippen molar-refractivity contribution in [1.82, 2.24) is 9.97 Å². The Morgan fingerprint density at radius 1 is 0.684 bits per heavy atom. The van der Waals surface area contributed by atoms with Crippen LogP contribution in [-0.2, 0) is 6.16 Å². The molecule has 0 bridgehead atoms. The van der Waals surface area contributed by atoms with Gasteiger partial charge in [-0.1, -0.05) is 68.4 Å². The summed E-state index contributed by atoms with van der Waals surface area (Å²) in [6.07, 6.45) is 0.711. The van der Waals surface area contributed by atoms with E-state index in [-0.39, 0.29) is 34.0 Å². The summed E-state index contributed by atoms with van der Waals surface area (Å²) in [5, 5.41) is 4.04. The number of hydrogen-bond acceptors (Lipinski definition) is 2. The van der Waals surface area contributed by atoms with Crippen LogP contribution >= 0.6 is 18.9 Å². The van der Waals surface area contributed by atoms with Crippen molar-refractivity contribution in [2.75, 3.05) is 0 Å². The van der Waals surface area contributed by atoms with Gasteiger partial charge >= 0.3 is 0 Å². The second-order valence-corrected chi connectivity index (χ2v) is 13.2. The molecule has 1 aromatic heterocycles. The smallest absolute Gasteiger partial charge is 0.223 e. The van der Waals surface area contributed by atoms with E-state index in [1.807, 2.05) is 0 Å². The number of halogens is 3. The molecule has 0 fully saturated rings. The minimum Gasteiger partial charge on any atom is -1.00 e. The molecule has 0 saturated carbocycles. The van der Waals surface area contributed by atoms with Crippen LogP contribution < -0.4 is 32.9 Å². The fraction of sp³-hybridized carbons (Fsp3) is 0.125. The zero-order chi connectivity index (χ0) is 25.8. The van der Waals surface area contributed by atoms with Gasteiger partial charge in [-0.3, -0.25) is 0 Å². The summed E-state index contributed by atoms with van der Waals surface area (Å²) < 4.78 is 13.9. The minimum absolute atomic E-state index is 0. The molecule has 0 unspecified atom stereocenters. The van der Waals surface area contributed by atoms with Gasteiger partial charge in [0, 0.05) is 11.1 Å². The normalized spacial score (nSPS) is 11.3. The van der Waals surface area contributed by atoms with Gasteiger partial charge in [-0.2, -0.15) is 0 Å². The lowest BCUT2D eigenvalue weighted by molar-refractivity contribution is -0.00000802. The van der Waals surface area contributed by atoms with Gasteiger partial charge in [0.05, 0.1) is 11.4 Å². The van der Waals surface area contributed by atoms with Crippen LogP contribution in [0.15, 0.2) is 115 Å². The fourth-order valence-corrected chi connectivity index (χ4v) is 9.41. The molecule has 2 nitrogen and oxygen atoms in total. The third-order valence-electron chi connectivity index (χ3n) is 6.66. The molecule has 1 heterocycles. The van der Waals surface area contributed by atoms with Crippen LogP contribution in [0.2, 0.25) is 5.28 Å². The second kappa shape index (κ2) is 12.3. The predicted octanol–water partition coefficient (Wildman–Crippen LogP) is 4.56. The number of rotatable bonds is 7. The number of aromatic nitrogens is 2. The largest absolute Gasteiger partial charge is 1.00 e. The molecule has 4 aromatic carbocycles. The third kappa shape index (κ3) is 5.59. The molecular formula is C32H28BrClFN2P. The van der Waals surface area contributed by atoms with E-state index in [1.54, 1.807) is 12.1 Å².